The minimum atomic E-state index is -3.54. The molecule has 0 aliphatic carbocycles. The van der Waals surface area contributed by atoms with Gasteiger partial charge in [0.15, 0.2) is 0 Å². The van der Waals surface area contributed by atoms with Crippen LogP contribution in [0.3, 0.4) is 0 Å². The summed E-state index contributed by atoms with van der Waals surface area (Å²) in [6.07, 6.45) is -0.236. The Morgan fingerprint density at radius 3 is 2.50 bits per heavy atom. The highest BCUT2D eigenvalue weighted by molar-refractivity contribution is 7.89. The molecule has 0 N–H and O–H groups in total. The zero-order valence-electron chi connectivity index (χ0n) is 16.6. The summed E-state index contributed by atoms with van der Waals surface area (Å²) >= 11 is 0. The Kier molecular flexibility index (Phi) is 6.26. The number of carbonyl (C=O) groups excluding carboxylic acids is 1. The van der Waals surface area contributed by atoms with E-state index in [1.165, 1.54) is 10.4 Å². The lowest BCUT2D eigenvalue weighted by Crippen LogP contribution is -2.48. The molecule has 2 saturated heterocycles. The quantitative estimate of drug-likeness (QED) is 0.750. The van der Waals surface area contributed by atoms with Crippen molar-refractivity contribution >= 4 is 21.6 Å². The number of anilines is 1. The van der Waals surface area contributed by atoms with E-state index < -0.39 is 21.1 Å². The summed E-state index contributed by atoms with van der Waals surface area (Å²) in [5.74, 6) is -0.376. The van der Waals surface area contributed by atoms with Gasteiger partial charge in [-0.15, -0.1) is 0 Å². The van der Waals surface area contributed by atoms with Gasteiger partial charge in [0.05, 0.1) is 18.0 Å². The van der Waals surface area contributed by atoms with E-state index in [1.807, 2.05) is 17.9 Å². The maximum absolute atomic E-state index is 14.8. The number of sulfonamides is 1. The smallest absolute Gasteiger partial charge is 0.219 e. The highest BCUT2D eigenvalue weighted by Gasteiger charge is 2.34. The number of nitrogens with zero attached hydrogens (tertiary/aromatic N) is 3. The van der Waals surface area contributed by atoms with Gasteiger partial charge in [-0.1, -0.05) is 6.07 Å². The van der Waals surface area contributed by atoms with E-state index in [9.17, 15) is 17.6 Å². The number of carbonyl (C=O) groups is 1. The van der Waals surface area contributed by atoms with E-state index >= 15 is 0 Å². The summed E-state index contributed by atoms with van der Waals surface area (Å²) in [6, 6.07) is 4.92. The van der Waals surface area contributed by atoms with Crippen LogP contribution in [0.1, 0.15) is 26.3 Å². The van der Waals surface area contributed by atoms with Gasteiger partial charge < -0.3 is 14.5 Å². The molecule has 0 radical (unpaired) electrons. The Balaban J connectivity index is 1.73. The largest absolute Gasteiger partial charge is 0.376 e. The van der Waals surface area contributed by atoms with Crippen molar-refractivity contribution in [1.29, 1.82) is 0 Å². The van der Waals surface area contributed by atoms with Crippen LogP contribution in [0.25, 0.3) is 0 Å². The van der Waals surface area contributed by atoms with Gasteiger partial charge in [0.25, 0.3) is 0 Å². The Morgan fingerprint density at radius 1 is 1.21 bits per heavy atom. The van der Waals surface area contributed by atoms with E-state index in [-0.39, 0.29) is 31.7 Å². The third-order valence-corrected chi connectivity index (χ3v) is 7.57. The highest BCUT2D eigenvalue weighted by atomic mass is 32.2. The van der Waals surface area contributed by atoms with Gasteiger partial charge in [-0.3, -0.25) is 4.79 Å². The third kappa shape index (κ3) is 4.47. The molecule has 9 heteroatoms. The van der Waals surface area contributed by atoms with Crippen LogP contribution in [0, 0.1) is 5.82 Å². The maximum Gasteiger partial charge on any atom is 0.219 e. The summed E-state index contributed by atoms with van der Waals surface area (Å²) < 4.78 is 47.0. The molecule has 2 fully saturated rings. The van der Waals surface area contributed by atoms with Gasteiger partial charge in [0.2, 0.25) is 15.9 Å². The number of hydrogen-bond donors (Lipinski definition) is 0. The first kappa shape index (κ1) is 21.0. The molecule has 2 heterocycles. The molecule has 1 amide bonds. The number of benzene rings is 1. The average Bonchev–Trinajstić information content (AvgIpc) is 2.75. The van der Waals surface area contributed by atoms with Gasteiger partial charge in [-0.2, -0.15) is 4.31 Å². The standard InChI is InChI=1S/C19H28FN3O4S/c1-14-11-23(28(25,26)15(2)13-27-14)12-17-4-5-18(10-19(17)20)22-8-6-21(7-9-22)16(3)24/h4-5,10,14-15H,6-9,11-13H2,1-3H3/t14-,15?/m0/s1. The topological polar surface area (TPSA) is 70.2 Å². The SMILES string of the molecule is CC(=O)N1CCN(c2ccc(CN3C[C@H](C)OCC(C)S3(=O)=O)c(F)c2)CC1. The second-order valence-electron chi connectivity index (χ2n) is 7.56. The van der Waals surface area contributed by atoms with Crippen molar-refractivity contribution in [3.63, 3.8) is 0 Å². The number of halogens is 1. The first-order valence-corrected chi connectivity index (χ1v) is 11.1. The first-order chi connectivity index (χ1) is 13.2. The van der Waals surface area contributed by atoms with Crippen molar-refractivity contribution in [2.75, 3.05) is 44.2 Å². The number of piperazine rings is 1. The van der Waals surface area contributed by atoms with E-state index in [2.05, 4.69) is 0 Å². The normalized spacial score (nSPS) is 26.1. The fraction of sp³-hybridized carbons (Fsp3) is 0.632. The molecule has 0 aromatic heterocycles. The van der Waals surface area contributed by atoms with E-state index in [1.54, 1.807) is 24.8 Å². The number of hydrogen-bond acceptors (Lipinski definition) is 5. The Morgan fingerprint density at radius 2 is 1.89 bits per heavy atom. The van der Waals surface area contributed by atoms with Crippen LogP contribution in [-0.4, -0.2) is 74.2 Å². The van der Waals surface area contributed by atoms with Crippen molar-refractivity contribution in [2.24, 2.45) is 0 Å². The Labute approximate surface area is 166 Å². The summed E-state index contributed by atoms with van der Waals surface area (Å²) in [5.41, 5.74) is 1.09. The van der Waals surface area contributed by atoms with Gasteiger partial charge in [-0.25, -0.2) is 12.8 Å². The minimum absolute atomic E-state index is 0.00932. The van der Waals surface area contributed by atoms with Gasteiger partial charge in [0.1, 0.15) is 5.82 Å². The summed E-state index contributed by atoms with van der Waals surface area (Å²) in [7, 11) is -3.54. The molecule has 28 heavy (non-hydrogen) atoms. The lowest BCUT2D eigenvalue weighted by atomic mass is 10.1. The second kappa shape index (κ2) is 8.34. The molecule has 1 aromatic rings. The summed E-state index contributed by atoms with van der Waals surface area (Å²) in [5, 5.41) is -0.655. The zero-order chi connectivity index (χ0) is 20.5. The van der Waals surface area contributed by atoms with E-state index in [4.69, 9.17) is 4.74 Å². The lowest BCUT2D eigenvalue weighted by molar-refractivity contribution is -0.129. The number of ether oxygens (including phenoxy) is 1. The number of rotatable bonds is 3. The zero-order valence-corrected chi connectivity index (χ0v) is 17.4. The van der Waals surface area contributed by atoms with Crippen molar-refractivity contribution in [1.82, 2.24) is 9.21 Å². The van der Waals surface area contributed by atoms with Crippen molar-refractivity contribution in [3.8, 4) is 0 Å². The average molecular weight is 414 g/mol. The second-order valence-corrected chi connectivity index (χ2v) is 9.91. The first-order valence-electron chi connectivity index (χ1n) is 9.58. The molecule has 0 spiro atoms. The molecule has 0 bridgehead atoms. The van der Waals surface area contributed by atoms with Crippen molar-refractivity contribution < 1.29 is 22.3 Å². The predicted octanol–water partition coefficient (Wildman–Crippen LogP) is 1.43. The fourth-order valence-corrected chi connectivity index (χ4v) is 5.07. The third-order valence-electron chi connectivity index (χ3n) is 5.42. The Hall–Kier alpha value is -1.71. The lowest BCUT2D eigenvalue weighted by Gasteiger charge is -2.35. The molecule has 156 valence electrons. The summed E-state index contributed by atoms with van der Waals surface area (Å²) in [4.78, 5) is 15.2. The molecule has 2 atom stereocenters. The van der Waals surface area contributed by atoms with E-state index in [0.717, 1.165) is 5.69 Å². The molecule has 7 nitrogen and oxygen atoms in total. The van der Waals surface area contributed by atoms with Crippen LogP contribution in [-0.2, 0) is 26.1 Å². The fourth-order valence-electron chi connectivity index (χ4n) is 3.57. The van der Waals surface area contributed by atoms with Gasteiger partial charge >= 0.3 is 0 Å². The predicted molar refractivity (Wildman–Crippen MR) is 105 cm³/mol. The molecule has 2 aliphatic heterocycles. The van der Waals surface area contributed by atoms with Crippen molar-refractivity contribution in [3.05, 3.63) is 29.6 Å². The molecule has 0 saturated carbocycles. The minimum Gasteiger partial charge on any atom is -0.376 e. The Bertz CT molecular complexity index is 824. The van der Waals surface area contributed by atoms with Crippen molar-refractivity contribution in [2.45, 2.75) is 38.7 Å². The summed E-state index contributed by atoms with van der Waals surface area (Å²) in [6.45, 7) is 7.84. The molecular formula is C19H28FN3O4S. The van der Waals surface area contributed by atoms with Gasteiger partial charge in [0, 0.05) is 57.4 Å². The van der Waals surface area contributed by atoms with Crippen LogP contribution in [0.4, 0.5) is 10.1 Å². The molecule has 2 aliphatic rings. The molecule has 1 aromatic carbocycles. The van der Waals surface area contributed by atoms with Crippen LogP contribution < -0.4 is 4.90 Å². The van der Waals surface area contributed by atoms with Crippen LogP contribution in [0.2, 0.25) is 0 Å². The van der Waals surface area contributed by atoms with Gasteiger partial charge in [-0.05, 0) is 26.0 Å². The van der Waals surface area contributed by atoms with E-state index in [0.29, 0.717) is 31.7 Å². The van der Waals surface area contributed by atoms with Crippen LogP contribution >= 0.6 is 0 Å². The monoisotopic (exact) mass is 413 g/mol. The maximum atomic E-state index is 14.8. The van der Waals surface area contributed by atoms with Crippen LogP contribution in [0.15, 0.2) is 18.2 Å². The van der Waals surface area contributed by atoms with Crippen LogP contribution in [0.5, 0.6) is 0 Å². The molecule has 3 rings (SSSR count). The molecule has 1 unspecified atom stereocenters. The number of amides is 1. The molecular weight excluding hydrogens is 385 g/mol. The highest BCUT2D eigenvalue weighted by Crippen LogP contribution is 2.24.